The Balaban J connectivity index is 1.29. The Kier molecular flexibility index (Phi) is 6.46. The maximum atomic E-state index is 14.5. The number of alkyl halides is 1. The fourth-order valence-electron chi connectivity index (χ4n) is 8.39. The predicted octanol–water partition coefficient (Wildman–Crippen LogP) is 3.96. The standard InChI is InChI=1S/C32H41FN6O3/c1-19-7-9-32(27-22(19)5-6-25(35)23(27)13-34)12-26-24(17-42-32)28(39-14-20(16-40)30(39,2)3)37-29(36-26)41-18-31-8-4-10-38(31)15-21(33)11-31/h5-6,19-21,40H,4,7-12,14-18,35H2,1-3H3/t19-,20-,21+,31-,32-/m0/s1. The van der Waals surface area contributed by atoms with Crippen molar-refractivity contribution in [3.05, 3.63) is 40.1 Å². The third-order valence-electron chi connectivity index (χ3n) is 11.2. The number of hydrogen-bond acceptors (Lipinski definition) is 9. The summed E-state index contributed by atoms with van der Waals surface area (Å²) < 4.78 is 27.6. The highest BCUT2D eigenvalue weighted by Crippen LogP contribution is 2.52. The summed E-state index contributed by atoms with van der Waals surface area (Å²) in [6, 6.07) is 6.53. The second-order valence-electron chi connectivity index (χ2n) is 13.8. The molecule has 1 aromatic carbocycles. The van der Waals surface area contributed by atoms with Crippen molar-refractivity contribution in [3.63, 3.8) is 0 Å². The molecule has 1 aliphatic carbocycles. The Bertz CT molecular complexity index is 1460. The van der Waals surface area contributed by atoms with E-state index >= 15 is 0 Å². The van der Waals surface area contributed by atoms with Crippen molar-refractivity contribution in [2.45, 2.75) is 94.7 Å². The third kappa shape index (κ3) is 4.04. The van der Waals surface area contributed by atoms with Crippen LogP contribution < -0.4 is 15.4 Å². The van der Waals surface area contributed by atoms with Crippen LogP contribution in [0.1, 0.15) is 86.7 Å². The Morgan fingerprint density at radius 3 is 2.86 bits per heavy atom. The van der Waals surface area contributed by atoms with Crippen molar-refractivity contribution >= 4 is 11.5 Å². The van der Waals surface area contributed by atoms with Crippen molar-refractivity contribution in [1.82, 2.24) is 14.9 Å². The molecule has 0 bridgehead atoms. The summed E-state index contributed by atoms with van der Waals surface area (Å²) in [5.74, 6) is 1.19. The van der Waals surface area contributed by atoms with Crippen molar-refractivity contribution in [2.75, 3.05) is 43.5 Å². The lowest BCUT2D eigenvalue weighted by Crippen LogP contribution is -2.66. The number of nitriles is 1. The van der Waals surface area contributed by atoms with Crippen molar-refractivity contribution in [2.24, 2.45) is 5.92 Å². The molecule has 3 fully saturated rings. The summed E-state index contributed by atoms with van der Waals surface area (Å²) in [4.78, 5) is 14.4. The van der Waals surface area contributed by atoms with Crippen LogP contribution in [0.25, 0.3) is 0 Å². The van der Waals surface area contributed by atoms with Gasteiger partial charge in [0, 0.05) is 60.8 Å². The van der Waals surface area contributed by atoms with E-state index in [2.05, 4.69) is 36.6 Å². The number of hydrogen-bond donors (Lipinski definition) is 2. The molecule has 42 heavy (non-hydrogen) atoms. The summed E-state index contributed by atoms with van der Waals surface area (Å²) in [6.07, 6.45) is 3.76. The first-order chi connectivity index (χ1) is 20.1. The summed E-state index contributed by atoms with van der Waals surface area (Å²) in [7, 11) is 0. The Labute approximate surface area is 246 Å². The average Bonchev–Trinajstić information content (AvgIpc) is 3.49. The lowest BCUT2D eigenvalue weighted by atomic mass is 9.69. The molecule has 2 aromatic rings. The van der Waals surface area contributed by atoms with E-state index in [1.54, 1.807) is 0 Å². The summed E-state index contributed by atoms with van der Waals surface area (Å²) in [6.45, 7) is 9.22. The van der Waals surface area contributed by atoms with E-state index in [0.29, 0.717) is 62.3 Å². The number of ether oxygens (including phenoxy) is 2. The zero-order chi connectivity index (χ0) is 29.4. The predicted molar refractivity (Wildman–Crippen MR) is 156 cm³/mol. The first-order valence-electron chi connectivity index (χ1n) is 15.4. The van der Waals surface area contributed by atoms with Crippen LogP contribution in [-0.2, 0) is 23.4 Å². The molecule has 1 spiro atoms. The number of nitrogens with zero attached hydrogens (tertiary/aromatic N) is 5. The molecular weight excluding hydrogens is 535 g/mol. The molecule has 5 atom stereocenters. The number of fused-ring (bicyclic) bond motifs is 4. The smallest absolute Gasteiger partial charge is 0.318 e. The summed E-state index contributed by atoms with van der Waals surface area (Å²) >= 11 is 0. The molecule has 10 heteroatoms. The molecule has 224 valence electrons. The molecule has 5 aliphatic rings. The molecule has 1 aromatic heterocycles. The van der Waals surface area contributed by atoms with E-state index in [1.165, 1.54) is 0 Å². The quantitative estimate of drug-likeness (QED) is 0.510. The minimum absolute atomic E-state index is 0.107. The van der Waals surface area contributed by atoms with Crippen LogP contribution in [0.5, 0.6) is 6.01 Å². The zero-order valence-corrected chi connectivity index (χ0v) is 24.8. The monoisotopic (exact) mass is 576 g/mol. The highest BCUT2D eigenvalue weighted by molar-refractivity contribution is 5.64. The van der Waals surface area contributed by atoms with Gasteiger partial charge in [-0.05, 0) is 63.6 Å². The minimum Gasteiger partial charge on any atom is -0.461 e. The lowest BCUT2D eigenvalue weighted by molar-refractivity contribution is -0.0875. The van der Waals surface area contributed by atoms with Gasteiger partial charge in [0.05, 0.1) is 23.4 Å². The van der Waals surface area contributed by atoms with Crippen molar-refractivity contribution in [3.8, 4) is 12.1 Å². The van der Waals surface area contributed by atoms with Gasteiger partial charge in [-0.1, -0.05) is 13.0 Å². The van der Waals surface area contributed by atoms with Crippen LogP contribution in [0.2, 0.25) is 0 Å². The van der Waals surface area contributed by atoms with Gasteiger partial charge in [-0.15, -0.1) is 0 Å². The fourth-order valence-corrected chi connectivity index (χ4v) is 8.39. The summed E-state index contributed by atoms with van der Waals surface area (Å²) in [5.41, 5.74) is 9.73. The number of rotatable bonds is 5. The Morgan fingerprint density at radius 1 is 1.26 bits per heavy atom. The first-order valence-corrected chi connectivity index (χ1v) is 15.4. The van der Waals surface area contributed by atoms with Crippen LogP contribution in [0.4, 0.5) is 15.9 Å². The van der Waals surface area contributed by atoms with Crippen LogP contribution in [0.3, 0.4) is 0 Å². The van der Waals surface area contributed by atoms with Crippen LogP contribution >= 0.6 is 0 Å². The van der Waals surface area contributed by atoms with E-state index in [4.69, 9.17) is 25.2 Å². The van der Waals surface area contributed by atoms with Gasteiger partial charge in [0.15, 0.2) is 0 Å². The largest absolute Gasteiger partial charge is 0.461 e. The number of anilines is 2. The molecule has 0 saturated carbocycles. The number of aromatic nitrogens is 2. The van der Waals surface area contributed by atoms with E-state index < -0.39 is 11.8 Å². The van der Waals surface area contributed by atoms with Crippen molar-refractivity contribution < 1.29 is 19.0 Å². The maximum Gasteiger partial charge on any atom is 0.318 e. The molecule has 3 saturated heterocycles. The second-order valence-corrected chi connectivity index (χ2v) is 13.8. The molecule has 4 aliphatic heterocycles. The molecule has 0 radical (unpaired) electrons. The number of nitrogens with two attached hydrogens (primary N) is 1. The van der Waals surface area contributed by atoms with Gasteiger partial charge in [0.2, 0.25) is 0 Å². The topological polar surface area (TPSA) is 121 Å². The van der Waals surface area contributed by atoms with Crippen LogP contribution in [0.15, 0.2) is 12.1 Å². The van der Waals surface area contributed by atoms with Gasteiger partial charge in [-0.2, -0.15) is 15.2 Å². The van der Waals surface area contributed by atoms with E-state index in [9.17, 15) is 14.8 Å². The highest BCUT2D eigenvalue weighted by Gasteiger charge is 2.52. The average molecular weight is 577 g/mol. The second kappa shape index (κ2) is 9.76. The third-order valence-corrected chi connectivity index (χ3v) is 11.2. The number of halogens is 1. The number of nitrogen functional groups attached to an aromatic ring is 1. The number of aliphatic hydroxyl groups is 1. The molecule has 7 rings (SSSR count). The molecule has 0 unspecified atom stereocenters. The first kappa shape index (κ1) is 27.8. The van der Waals surface area contributed by atoms with Gasteiger partial charge >= 0.3 is 6.01 Å². The van der Waals surface area contributed by atoms with Crippen LogP contribution in [-0.4, -0.2) is 70.1 Å². The van der Waals surface area contributed by atoms with Gasteiger partial charge in [0.1, 0.15) is 30.3 Å². The zero-order valence-electron chi connectivity index (χ0n) is 24.8. The molecule has 9 nitrogen and oxygen atoms in total. The Morgan fingerprint density at radius 2 is 2.10 bits per heavy atom. The van der Waals surface area contributed by atoms with E-state index in [-0.39, 0.29) is 23.6 Å². The van der Waals surface area contributed by atoms with E-state index in [1.807, 2.05) is 12.1 Å². The fraction of sp³-hybridized carbons (Fsp3) is 0.656. The van der Waals surface area contributed by atoms with Gasteiger partial charge < -0.3 is 25.2 Å². The van der Waals surface area contributed by atoms with Gasteiger partial charge in [-0.25, -0.2) is 4.39 Å². The highest BCUT2D eigenvalue weighted by atomic mass is 19.1. The van der Waals surface area contributed by atoms with Gasteiger partial charge in [0.25, 0.3) is 0 Å². The molecular formula is C32H41FN6O3. The SMILES string of the molecule is C[C@H]1CC[C@]2(Cc3nc(OC[C@@]45CCCN4C[C@H](F)C5)nc(N4C[C@@H](CO)C4(C)C)c3CO2)c2c1ccc(N)c2C#N. The Hall–Kier alpha value is -3.00. The maximum absolute atomic E-state index is 14.5. The molecule has 5 heterocycles. The summed E-state index contributed by atoms with van der Waals surface area (Å²) in [5, 5.41) is 20.1. The number of aliphatic hydroxyl groups excluding tert-OH is 1. The van der Waals surface area contributed by atoms with Crippen LogP contribution in [0, 0.1) is 17.2 Å². The van der Waals surface area contributed by atoms with Gasteiger partial charge in [-0.3, -0.25) is 4.90 Å². The normalized spacial score (nSPS) is 33.0. The lowest BCUT2D eigenvalue weighted by Gasteiger charge is -2.56. The number of benzene rings is 1. The molecule has 0 amide bonds. The van der Waals surface area contributed by atoms with E-state index in [0.717, 1.165) is 60.4 Å². The molecule has 3 N–H and O–H groups in total. The van der Waals surface area contributed by atoms with Crippen molar-refractivity contribution in [1.29, 1.82) is 5.26 Å². The minimum atomic E-state index is -0.834.